The van der Waals surface area contributed by atoms with E-state index in [-0.39, 0.29) is 11.6 Å². The first-order chi connectivity index (χ1) is 15.9. The molecule has 0 saturated carbocycles. The maximum absolute atomic E-state index is 12.5. The summed E-state index contributed by atoms with van der Waals surface area (Å²) in [6, 6.07) is 6.56. The van der Waals surface area contributed by atoms with Gasteiger partial charge in [0.05, 0.1) is 9.82 Å². The number of thioether (sulfide) groups is 1. The van der Waals surface area contributed by atoms with E-state index in [9.17, 15) is 14.9 Å². The third-order valence-corrected chi connectivity index (χ3v) is 6.61. The molecule has 33 heavy (non-hydrogen) atoms. The van der Waals surface area contributed by atoms with Crippen molar-refractivity contribution >= 4 is 29.3 Å². The zero-order chi connectivity index (χ0) is 23.6. The molecule has 1 amide bonds. The number of hydrogen-bond acceptors (Lipinski definition) is 8. The molecule has 0 bridgehead atoms. The molecular weight excluding hydrogens is 440 g/mol. The van der Waals surface area contributed by atoms with Crippen molar-refractivity contribution in [1.82, 2.24) is 20.2 Å². The second-order valence-corrected chi connectivity index (χ2v) is 9.59. The van der Waals surface area contributed by atoms with Gasteiger partial charge in [-0.2, -0.15) is 0 Å². The second-order valence-electron chi connectivity index (χ2n) is 8.46. The molecule has 1 aliphatic heterocycles. The Morgan fingerprint density at radius 2 is 1.94 bits per heavy atom. The number of amides is 1. The number of nitrogens with zero attached hydrogens (tertiary/aromatic N) is 5. The van der Waals surface area contributed by atoms with Gasteiger partial charge in [0.1, 0.15) is 0 Å². The largest absolute Gasteiger partial charge is 0.352 e. The van der Waals surface area contributed by atoms with Gasteiger partial charge >= 0.3 is 0 Å². The third-order valence-electron chi connectivity index (χ3n) is 5.51. The molecule has 178 valence electrons. The number of rotatable bonds is 11. The van der Waals surface area contributed by atoms with Crippen LogP contribution >= 0.6 is 11.8 Å². The predicted molar refractivity (Wildman–Crippen MR) is 131 cm³/mol. The maximum Gasteiger partial charge on any atom is 0.283 e. The number of carbonyl (C=O) groups is 1. The fraction of sp³-hybridized carbons (Fsp3) is 0.522. The Labute approximate surface area is 199 Å². The number of piperazine rings is 1. The first-order valence-corrected chi connectivity index (χ1v) is 12.4. The minimum absolute atomic E-state index is 0.00308. The Bertz CT molecular complexity index is 920. The lowest BCUT2D eigenvalue weighted by atomic mass is 10.2. The van der Waals surface area contributed by atoms with Crippen LogP contribution in [0.4, 0.5) is 11.6 Å². The van der Waals surface area contributed by atoms with Crippen molar-refractivity contribution in [2.75, 3.05) is 49.9 Å². The molecule has 0 unspecified atom stereocenters. The second kappa shape index (κ2) is 12.5. The van der Waals surface area contributed by atoms with Gasteiger partial charge in [0, 0.05) is 56.7 Å². The highest BCUT2D eigenvalue weighted by Crippen LogP contribution is 2.31. The van der Waals surface area contributed by atoms with E-state index in [0.717, 1.165) is 57.3 Å². The molecule has 10 heteroatoms. The fourth-order valence-corrected chi connectivity index (χ4v) is 4.82. The lowest BCUT2D eigenvalue weighted by Crippen LogP contribution is -2.47. The lowest BCUT2D eigenvalue weighted by Gasteiger charge is -2.34. The Morgan fingerprint density at radius 1 is 1.21 bits per heavy atom. The number of hydrogen-bond donors (Lipinski definition) is 1. The van der Waals surface area contributed by atoms with Gasteiger partial charge in [-0.15, -0.1) is 11.8 Å². The van der Waals surface area contributed by atoms with E-state index >= 15 is 0 Å². The average Bonchev–Trinajstić information content (AvgIpc) is 2.82. The number of nitrogens with one attached hydrogen (secondary N) is 1. The zero-order valence-corrected chi connectivity index (χ0v) is 20.1. The summed E-state index contributed by atoms with van der Waals surface area (Å²) in [7, 11) is 0. The number of nitro benzene ring substituents is 1. The SMILES string of the molecule is CC(C)CCSc1ccc(C(=O)NCCCN2CCN(c3ncccn3)CC2)cc1[N+](=O)[O-]. The summed E-state index contributed by atoms with van der Waals surface area (Å²) in [6.45, 7) is 9.27. The van der Waals surface area contributed by atoms with Crippen LogP contribution in [0, 0.1) is 16.0 Å². The Balaban J connectivity index is 1.41. The van der Waals surface area contributed by atoms with E-state index in [2.05, 4.69) is 38.9 Å². The molecule has 1 N–H and O–H groups in total. The topological polar surface area (TPSA) is 104 Å². The van der Waals surface area contributed by atoms with Crippen molar-refractivity contribution in [3.8, 4) is 0 Å². The van der Waals surface area contributed by atoms with Gasteiger partial charge in [0.2, 0.25) is 5.95 Å². The molecule has 2 heterocycles. The molecule has 1 aromatic carbocycles. The van der Waals surface area contributed by atoms with E-state index in [1.54, 1.807) is 24.5 Å². The summed E-state index contributed by atoms with van der Waals surface area (Å²) in [5.74, 6) is 1.85. The molecule has 0 aliphatic carbocycles. The van der Waals surface area contributed by atoms with Crippen molar-refractivity contribution in [2.24, 2.45) is 5.92 Å². The monoisotopic (exact) mass is 472 g/mol. The van der Waals surface area contributed by atoms with E-state index in [4.69, 9.17) is 0 Å². The predicted octanol–water partition coefficient (Wildman–Crippen LogP) is 3.47. The van der Waals surface area contributed by atoms with Crippen LogP contribution in [0.25, 0.3) is 0 Å². The molecule has 1 aromatic heterocycles. The number of benzene rings is 1. The highest BCUT2D eigenvalue weighted by molar-refractivity contribution is 7.99. The summed E-state index contributed by atoms with van der Waals surface area (Å²) in [5.41, 5.74) is 0.322. The van der Waals surface area contributed by atoms with Crippen molar-refractivity contribution in [1.29, 1.82) is 0 Å². The molecule has 0 spiro atoms. The zero-order valence-electron chi connectivity index (χ0n) is 19.3. The van der Waals surface area contributed by atoms with Crippen molar-refractivity contribution in [2.45, 2.75) is 31.6 Å². The third kappa shape index (κ3) is 7.68. The van der Waals surface area contributed by atoms with Crippen LogP contribution in [0.15, 0.2) is 41.6 Å². The normalized spacial score (nSPS) is 14.5. The van der Waals surface area contributed by atoms with Gasteiger partial charge in [-0.25, -0.2) is 9.97 Å². The van der Waals surface area contributed by atoms with Crippen LogP contribution in [-0.4, -0.2) is 70.7 Å². The van der Waals surface area contributed by atoms with Crippen LogP contribution in [-0.2, 0) is 0 Å². The minimum Gasteiger partial charge on any atom is -0.352 e. The van der Waals surface area contributed by atoms with Crippen molar-refractivity contribution in [3.63, 3.8) is 0 Å². The smallest absolute Gasteiger partial charge is 0.283 e. The lowest BCUT2D eigenvalue weighted by molar-refractivity contribution is -0.387. The number of nitro groups is 1. The van der Waals surface area contributed by atoms with Crippen LogP contribution in [0.3, 0.4) is 0 Å². The van der Waals surface area contributed by atoms with Gasteiger partial charge in [0.25, 0.3) is 11.6 Å². The average molecular weight is 473 g/mol. The fourth-order valence-electron chi connectivity index (χ4n) is 3.56. The number of aromatic nitrogens is 2. The molecule has 1 aliphatic rings. The first-order valence-electron chi connectivity index (χ1n) is 11.4. The maximum atomic E-state index is 12.5. The van der Waals surface area contributed by atoms with E-state index in [1.165, 1.54) is 17.8 Å². The van der Waals surface area contributed by atoms with Gasteiger partial charge in [-0.05, 0) is 49.3 Å². The standard InChI is InChI=1S/C23H32N6O3S/c1-18(2)7-16-33-21-6-5-19(17-20(21)29(31)32)22(30)24-10-4-11-27-12-14-28(15-13-27)23-25-8-3-9-26-23/h3,5-6,8-9,17-18H,4,7,10-16H2,1-2H3,(H,24,30). The molecule has 2 aromatic rings. The summed E-state index contributed by atoms with van der Waals surface area (Å²) in [5, 5.41) is 14.4. The van der Waals surface area contributed by atoms with Gasteiger partial charge in [-0.3, -0.25) is 19.8 Å². The summed E-state index contributed by atoms with van der Waals surface area (Å²) < 4.78 is 0. The molecule has 9 nitrogen and oxygen atoms in total. The van der Waals surface area contributed by atoms with E-state index < -0.39 is 4.92 Å². The summed E-state index contributed by atoms with van der Waals surface area (Å²) in [6.07, 6.45) is 5.31. The van der Waals surface area contributed by atoms with Crippen molar-refractivity contribution in [3.05, 3.63) is 52.3 Å². The molecule has 3 rings (SSSR count). The van der Waals surface area contributed by atoms with Gasteiger partial charge in [0.15, 0.2) is 0 Å². The van der Waals surface area contributed by atoms with Crippen LogP contribution < -0.4 is 10.2 Å². The van der Waals surface area contributed by atoms with Crippen LogP contribution in [0.1, 0.15) is 37.0 Å². The van der Waals surface area contributed by atoms with Gasteiger partial charge in [-0.1, -0.05) is 13.8 Å². The molecule has 1 saturated heterocycles. The number of carbonyl (C=O) groups excluding carboxylic acids is 1. The minimum atomic E-state index is -0.408. The Kier molecular flexibility index (Phi) is 9.44. The highest BCUT2D eigenvalue weighted by Gasteiger charge is 2.20. The van der Waals surface area contributed by atoms with Gasteiger partial charge < -0.3 is 10.2 Å². The summed E-state index contributed by atoms with van der Waals surface area (Å²) >= 11 is 1.47. The quantitative estimate of drug-likeness (QED) is 0.229. The Hall–Kier alpha value is -2.72. The van der Waals surface area contributed by atoms with Crippen molar-refractivity contribution < 1.29 is 9.72 Å². The number of anilines is 1. The van der Waals surface area contributed by atoms with Crippen LogP contribution in [0.5, 0.6) is 0 Å². The molecule has 1 fully saturated rings. The molecule has 0 atom stereocenters. The summed E-state index contributed by atoms with van der Waals surface area (Å²) in [4.78, 5) is 37.3. The highest BCUT2D eigenvalue weighted by atomic mass is 32.2. The van der Waals surface area contributed by atoms with E-state index in [0.29, 0.717) is 22.9 Å². The first kappa shape index (κ1) is 24.9. The van der Waals surface area contributed by atoms with Crippen LogP contribution in [0.2, 0.25) is 0 Å². The molecule has 0 radical (unpaired) electrons. The molecular formula is C23H32N6O3S. The Morgan fingerprint density at radius 3 is 2.61 bits per heavy atom. The van der Waals surface area contributed by atoms with E-state index in [1.807, 2.05) is 6.07 Å².